The molecule has 1 aromatic heterocycles. The lowest BCUT2D eigenvalue weighted by atomic mass is 9.93. The predicted octanol–water partition coefficient (Wildman–Crippen LogP) is 2.51. The highest BCUT2D eigenvalue weighted by molar-refractivity contribution is 5.35. The van der Waals surface area contributed by atoms with Crippen molar-refractivity contribution >= 4 is 0 Å². The van der Waals surface area contributed by atoms with Crippen molar-refractivity contribution in [3.05, 3.63) is 30.4 Å². The van der Waals surface area contributed by atoms with Gasteiger partial charge in [-0.25, -0.2) is 4.98 Å². The average molecular weight is 273 g/mol. The third-order valence-electron chi connectivity index (χ3n) is 2.77. The molecule has 0 amide bonds. The molecule has 0 unspecified atom stereocenters. The van der Waals surface area contributed by atoms with Crippen LogP contribution in [0.15, 0.2) is 24.5 Å². The van der Waals surface area contributed by atoms with Crippen molar-refractivity contribution in [3.8, 4) is 6.07 Å². The number of rotatable bonds is 5. The fourth-order valence-corrected chi connectivity index (χ4v) is 1.65. The van der Waals surface area contributed by atoms with Crippen LogP contribution in [0, 0.1) is 11.3 Å². The van der Waals surface area contributed by atoms with Crippen molar-refractivity contribution in [2.24, 2.45) is 0 Å². The van der Waals surface area contributed by atoms with Gasteiger partial charge in [-0.3, -0.25) is 0 Å². The molecule has 0 spiro atoms. The fraction of sp³-hybridized carbons (Fsp3) is 0.500. The normalized spacial score (nSPS) is 14.7. The van der Waals surface area contributed by atoms with Crippen LogP contribution in [-0.4, -0.2) is 20.8 Å². The van der Waals surface area contributed by atoms with Crippen LogP contribution in [0.2, 0.25) is 0 Å². The minimum absolute atomic E-state index is 0.281. The van der Waals surface area contributed by atoms with Crippen LogP contribution >= 0.6 is 0 Å². The third kappa shape index (κ3) is 2.63. The van der Waals surface area contributed by atoms with E-state index in [1.165, 1.54) is 16.8 Å². The van der Waals surface area contributed by atoms with Gasteiger partial charge in [0.25, 0.3) is 5.60 Å². The molecule has 0 fully saturated rings. The quantitative estimate of drug-likeness (QED) is 0.838. The highest BCUT2D eigenvalue weighted by Crippen LogP contribution is 2.42. The molecule has 4 nitrogen and oxygen atoms in total. The first-order valence-electron chi connectivity index (χ1n) is 5.69. The fourth-order valence-electron chi connectivity index (χ4n) is 1.65. The Morgan fingerprint density at radius 1 is 1.58 bits per heavy atom. The molecule has 0 saturated carbocycles. The zero-order valence-electron chi connectivity index (χ0n) is 10.4. The second-order valence-corrected chi connectivity index (χ2v) is 4.10. The molecular weight excluding hydrogens is 259 g/mol. The molecule has 0 aliphatic rings. The lowest BCUT2D eigenvalue weighted by Gasteiger charge is -2.29. The Kier molecular flexibility index (Phi) is 4.37. The summed E-state index contributed by atoms with van der Waals surface area (Å²) in [5.41, 5.74) is -4.44. The first kappa shape index (κ1) is 15.2. The van der Waals surface area contributed by atoms with Gasteiger partial charge in [0.1, 0.15) is 0 Å². The van der Waals surface area contributed by atoms with Crippen LogP contribution in [0.5, 0.6) is 0 Å². The molecule has 1 heterocycles. The van der Waals surface area contributed by atoms with E-state index in [9.17, 15) is 18.3 Å². The van der Waals surface area contributed by atoms with Crippen molar-refractivity contribution in [2.45, 2.75) is 38.1 Å². The minimum Gasteiger partial charge on any atom is -0.369 e. The summed E-state index contributed by atoms with van der Waals surface area (Å²) >= 11 is 0. The largest absolute Gasteiger partial charge is 0.429 e. The van der Waals surface area contributed by atoms with Crippen molar-refractivity contribution < 1.29 is 18.3 Å². The van der Waals surface area contributed by atoms with E-state index in [0.717, 1.165) is 12.6 Å². The number of aryl methyl sites for hydroxylation is 1. The van der Waals surface area contributed by atoms with E-state index in [1.807, 2.05) is 6.92 Å². The van der Waals surface area contributed by atoms with Gasteiger partial charge in [0.15, 0.2) is 5.82 Å². The molecule has 0 aromatic carbocycles. The minimum atomic E-state index is -5.06. The maximum Gasteiger partial charge on any atom is 0.429 e. The molecule has 104 valence electrons. The van der Waals surface area contributed by atoms with Crippen LogP contribution < -0.4 is 0 Å². The van der Waals surface area contributed by atoms with E-state index in [4.69, 9.17) is 5.26 Å². The van der Waals surface area contributed by atoms with Gasteiger partial charge in [-0.1, -0.05) is 19.9 Å². The number of unbranched alkanes of at least 4 members (excludes halogenated alkanes) is 1. The monoisotopic (exact) mass is 273 g/mol. The molecule has 7 heteroatoms. The maximum absolute atomic E-state index is 13.1. The summed E-state index contributed by atoms with van der Waals surface area (Å²) in [5, 5.41) is 18.6. The third-order valence-corrected chi connectivity index (χ3v) is 2.77. The molecule has 1 rings (SSSR count). The number of hydrogen-bond acceptors (Lipinski definition) is 3. The van der Waals surface area contributed by atoms with E-state index in [-0.39, 0.29) is 6.54 Å². The van der Waals surface area contributed by atoms with Crippen LogP contribution in [-0.2, 0) is 12.1 Å². The number of halogens is 3. The van der Waals surface area contributed by atoms with Gasteiger partial charge in [0.05, 0.1) is 11.6 Å². The average Bonchev–Trinajstić information content (AvgIpc) is 2.81. The molecule has 1 aromatic rings. The van der Waals surface area contributed by atoms with E-state index in [1.54, 1.807) is 0 Å². The number of alkyl halides is 3. The summed E-state index contributed by atoms with van der Waals surface area (Å²) in [6.45, 7) is 5.17. The van der Waals surface area contributed by atoms with Crippen molar-refractivity contribution in [1.29, 1.82) is 5.26 Å². The predicted molar refractivity (Wildman–Crippen MR) is 61.8 cm³/mol. The lowest BCUT2D eigenvalue weighted by molar-refractivity contribution is -0.252. The Morgan fingerprint density at radius 3 is 2.68 bits per heavy atom. The van der Waals surface area contributed by atoms with E-state index in [2.05, 4.69) is 11.6 Å². The lowest BCUT2D eigenvalue weighted by Crippen LogP contribution is -2.45. The Labute approximate surface area is 108 Å². The molecule has 0 saturated heterocycles. The number of imidazole rings is 1. The molecule has 0 bridgehead atoms. The van der Waals surface area contributed by atoms with Crippen LogP contribution in [0.4, 0.5) is 13.2 Å². The Bertz CT molecular complexity index is 501. The van der Waals surface area contributed by atoms with E-state index < -0.39 is 23.2 Å². The number of aromatic nitrogens is 2. The zero-order chi connectivity index (χ0) is 14.7. The van der Waals surface area contributed by atoms with Gasteiger partial charge in [0.2, 0.25) is 0 Å². The topological polar surface area (TPSA) is 61.8 Å². The highest BCUT2D eigenvalue weighted by atomic mass is 19.4. The van der Waals surface area contributed by atoms with Crippen molar-refractivity contribution in [1.82, 2.24) is 9.55 Å². The second-order valence-electron chi connectivity index (χ2n) is 4.10. The molecule has 0 aliphatic heterocycles. The summed E-state index contributed by atoms with van der Waals surface area (Å²) in [6.07, 6.45) is -1.15. The zero-order valence-corrected chi connectivity index (χ0v) is 10.4. The van der Waals surface area contributed by atoms with E-state index in [0.29, 0.717) is 6.42 Å². The second kappa shape index (κ2) is 5.45. The van der Waals surface area contributed by atoms with Crippen LogP contribution in [0.25, 0.3) is 0 Å². The van der Waals surface area contributed by atoms with Gasteiger partial charge >= 0.3 is 6.18 Å². The first-order valence-corrected chi connectivity index (χ1v) is 5.69. The summed E-state index contributed by atoms with van der Waals surface area (Å²) < 4.78 is 40.5. The SMILES string of the molecule is C=C(C#N)[C@](O)(c1nccn1CCCC)C(F)(F)F. The molecule has 0 aliphatic carbocycles. The Hall–Kier alpha value is -1.81. The maximum atomic E-state index is 13.1. The summed E-state index contributed by atoms with van der Waals surface area (Å²) in [6, 6.07) is 1.27. The number of aliphatic hydroxyl groups is 1. The molecule has 1 N–H and O–H groups in total. The van der Waals surface area contributed by atoms with Gasteiger partial charge in [0, 0.05) is 18.9 Å². The van der Waals surface area contributed by atoms with Gasteiger partial charge in [-0.05, 0) is 6.42 Å². The highest BCUT2D eigenvalue weighted by Gasteiger charge is 2.60. The summed E-state index contributed by atoms with van der Waals surface area (Å²) in [4.78, 5) is 3.56. The van der Waals surface area contributed by atoms with Crippen molar-refractivity contribution in [3.63, 3.8) is 0 Å². The summed E-state index contributed by atoms with van der Waals surface area (Å²) in [7, 11) is 0. The molecular formula is C12H14F3N3O. The molecule has 1 atom stereocenters. The number of hydrogen-bond donors (Lipinski definition) is 1. The van der Waals surface area contributed by atoms with Gasteiger partial charge in [-0.2, -0.15) is 18.4 Å². The van der Waals surface area contributed by atoms with Gasteiger partial charge < -0.3 is 9.67 Å². The Balaban J connectivity index is 3.32. The van der Waals surface area contributed by atoms with Crippen LogP contribution in [0.1, 0.15) is 25.6 Å². The van der Waals surface area contributed by atoms with Crippen molar-refractivity contribution in [2.75, 3.05) is 0 Å². The molecule has 19 heavy (non-hydrogen) atoms. The number of nitriles is 1. The van der Waals surface area contributed by atoms with Gasteiger partial charge in [-0.15, -0.1) is 0 Å². The Morgan fingerprint density at radius 2 is 2.21 bits per heavy atom. The smallest absolute Gasteiger partial charge is 0.369 e. The number of nitrogens with zero attached hydrogens (tertiary/aromatic N) is 3. The van der Waals surface area contributed by atoms with E-state index >= 15 is 0 Å². The molecule has 0 radical (unpaired) electrons. The first-order chi connectivity index (χ1) is 8.79. The standard InChI is InChI=1S/C12H14F3N3O/c1-3-4-6-18-7-5-17-10(18)11(19,9(2)8-16)12(13,14)15/h5,7,19H,2-4,6H2,1H3/t11-/m0/s1. The van der Waals surface area contributed by atoms with Crippen LogP contribution in [0.3, 0.4) is 0 Å². The summed E-state index contributed by atoms with van der Waals surface area (Å²) in [5.74, 6) is -0.625.